The van der Waals surface area contributed by atoms with Gasteiger partial charge in [0, 0.05) is 12.3 Å². The van der Waals surface area contributed by atoms with E-state index < -0.39 is 18.1 Å². The molecule has 0 unspecified atom stereocenters. The molecule has 1 atom stereocenters. The number of Topliss-reactive ketones (excluding diaryl/α,β-unsaturated/α-hetero) is 1. The molecule has 0 aliphatic carbocycles. The highest BCUT2D eigenvalue weighted by Gasteiger charge is 2.46. The first kappa shape index (κ1) is 11.6. The average Bonchev–Trinajstić information content (AvgIpc) is 2.09. The van der Waals surface area contributed by atoms with Crippen molar-refractivity contribution in [3.05, 3.63) is 0 Å². The smallest absolute Gasteiger partial charge is 0.271 e. The second-order valence-electron chi connectivity index (χ2n) is 4.39. The Balaban J connectivity index is 2.66. The molecular formula is C10H16F2O2. The van der Waals surface area contributed by atoms with E-state index in [0.29, 0.717) is 0 Å². The fourth-order valence-electron chi connectivity index (χ4n) is 1.64. The van der Waals surface area contributed by atoms with E-state index in [-0.39, 0.29) is 24.5 Å². The number of carbonyl (C=O) groups excluding carboxylic acids is 1. The first-order chi connectivity index (χ1) is 6.27. The molecule has 1 aliphatic rings. The molecule has 1 aliphatic heterocycles. The number of hydrogen-bond acceptors (Lipinski definition) is 2. The summed E-state index contributed by atoms with van der Waals surface area (Å²) in [6, 6.07) is 0. The molecule has 0 aromatic rings. The van der Waals surface area contributed by atoms with E-state index in [2.05, 4.69) is 0 Å². The zero-order chi connectivity index (χ0) is 11.0. The quantitative estimate of drug-likeness (QED) is 0.693. The molecule has 0 N–H and O–H groups in total. The lowest BCUT2D eigenvalue weighted by molar-refractivity contribution is -0.189. The molecule has 0 spiro atoms. The highest BCUT2D eigenvalue weighted by atomic mass is 19.3. The van der Waals surface area contributed by atoms with Crippen molar-refractivity contribution in [2.75, 3.05) is 6.61 Å². The van der Waals surface area contributed by atoms with Gasteiger partial charge in [0.2, 0.25) is 0 Å². The molecule has 0 saturated carbocycles. The Morgan fingerprint density at radius 1 is 1.36 bits per heavy atom. The van der Waals surface area contributed by atoms with Gasteiger partial charge >= 0.3 is 0 Å². The Bertz CT molecular complexity index is 226. The third kappa shape index (κ3) is 2.29. The normalized spacial score (nSPS) is 31.9. The van der Waals surface area contributed by atoms with Crippen molar-refractivity contribution in [3.8, 4) is 0 Å². The SMILES string of the molecule is CC(C)C(=O)[C@]1(C)CCC(F)(F)CO1. The van der Waals surface area contributed by atoms with Crippen LogP contribution in [0.3, 0.4) is 0 Å². The van der Waals surface area contributed by atoms with Crippen LogP contribution in [0.5, 0.6) is 0 Å². The van der Waals surface area contributed by atoms with Crippen molar-refractivity contribution in [2.45, 2.75) is 45.1 Å². The Kier molecular flexibility index (Phi) is 2.95. The van der Waals surface area contributed by atoms with E-state index >= 15 is 0 Å². The summed E-state index contributed by atoms with van der Waals surface area (Å²) in [7, 11) is 0. The van der Waals surface area contributed by atoms with Crippen LogP contribution < -0.4 is 0 Å². The summed E-state index contributed by atoms with van der Waals surface area (Å²) in [4.78, 5) is 11.7. The van der Waals surface area contributed by atoms with Crippen molar-refractivity contribution in [1.82, 2.24) is 0 Å². The lowest BCUT2D eigenvalue weighted by Gasteiger charge is -2.37. The summed E-state index contributed by atoms with van der Waals surface area (Å²) in [6.45, 7) is 4.47. The van der Waals surface area contributed by atoms with Crippen LogP contribution in [0.2, 0.25) is 0 Å². The van der Waals surface area contributed by atoms with Gasteiger partial charge in [-0.2, -0.15) is 0 Å². The molecule has 1 fully saturated rings. The fourth-order valence-corrected chi connectivity index (χ4v) is 1.64. The van der Waals surface area contributed by atoms with E-state index in [1.54, 1.807) is 20.8 Å². The molecule has 1 heterocycles. The second-order valence-corrected chi connectivity index (χ2v) is 4.39. The van der Waals surface area contributed by atoms with Crippen molar-refractivity contribution in [3.63, 3.8) is 0 Å². The number of carbonyl (C=O) groups is 1. The zero-order valence-electron chi connectivity index (χ0n) is 8.77. The second kappa shape index (κ2) is 3.57. The molecule has 1 rings (SSSR count). The van der Waals surface area contributed by atoms with Crippen LogP contribution in [0.4, 0.5) is 8.78 Å². The zero-order valence-corrected chi connectivity index (χ0v) is 8.77. The maximum absolute atomic E-state index is 12.8. The molecule has 0 radical (unpaired) electrons. The van der Waals surface area contributed by atoms with E-state index in [4.69, 9.17) is 4.74 Å². The predicted octanol–water partition coefficient (Wildman–Crippen LogP) is 2.42. The number of ketones is 1. The molecule has 0 amide bonds. The van der Waals surface area contributed by atoms with Crippen molar-refractivity contribution in [1.29, 1.82) is 0 Å². The van der Waals surface area contributed by atoms with Crippen LogP contribution in [-0.4, -0.2) is 23.9 Å². The van der Waals surface area contributed by atoms with Crippen LogP contribution in [0.15, 0.2) is 0 Å². The lowest BCUT2D eigenvalue weighted by atomic mass is 9.85. The largest absolute Gasteiger partial charge is 0.361 e. The lowest BCUT2D eigenvalue weighted by Crippen LogP contribution is -2.49. The highest BCUT2D eigenvalue weighted by Crippen LogP contribution is 2.35. The minimum atomic E-state index is -2.77. The van der Waals surface area contributed by atoms with Gasteiger partial charge in [-0.05, 0) is 13.3 Å². The van der Waals surface area contributed by atoms with Gasteiger partial charge in [-0.1, -0.05) is 13.8 Å². The van der Waals surface area contributed by atoms with Crippen molar-refractivity contribution in [2.24, 2.45) is 5.92 Å². The maximum atomic E-state index is 12.8. The Hall–Kier alpha value is -0.510. The van der Waals surface area contributed by atoms with Crippen LogP contribution in [0, 0.1) is 5.92 Å². The van der Waals surface area contributed by atoms with Gasteiger partial charge in [0.1, 0.15) is 12.2 Å². The Labute approximate surface area is 82.6 Å². The minimum Gasteiger partial charge on any atom is -0.361 e. The minimum absolute atomic E-state index is 0.0898. The standard InChI is InChI=1S/C10H16F2O2/c1-7(2)8(13)9(3)4-5-10(11,12)6-14-9/h7H,4-6H2,1-3H3/t9-/m0/s1. The van der Waals surface area contributed by atoms with E-state index in [0.717, 1.165) is 0 Å². The van der Waals surface area contributed by atoms with Crippen LogP contribution >= 0.6 is 0 Å². The summed E-state index contributed by atoms with van der Waals surface area (Å²) >= 11 is 0. The Morgan fingerprint density at radius 3 is 2.29 bits per heavy atom. The third-order valence-electron chi connectivity index (χ3n) is 2.62. The molecule has 0 aromatic carbocycles. The summed E-state index contributed by atoms with van der Waals surface area (Å²) in [5, 5.41) is 0. The van der Waals surface area contributed by atoms with Gasteiger partial charge in [-0.3, -0.25) is 4.79 Å². The summed E-state index contributed by atoms with van der Waals surface area (Å²) in [5.41, 5.74) is -1.00. The van der Waals surface area contributed by atoms with Crippen molar-refractivity contribution >= 4 is 5.78 Å². The van der Waals surface area contributed by atoms with Crippen LogP contribution in [0.25, 0.3) is 0 Å². The number of halogens is 2. The van der Waals surface area contributed by atoms with Crippen LogP contribution in [-0.2, 0) is 9.53 Å². The van der Waals surface area contributed by atoms with E-state index in [1.807, 2.05) is 0 Å². The third-order valence-corrected chi connectivity index (χ3v) is 2.62. The molecule has 2 nitrogen and oxygen atoms in total. The molecule has 14 heavy (non-hydrogen) atoms. The molecular weight excluding hydrogens is 190 g/mol. The van der Waals surface area contributed by atoms with Gasteiger partial charge < -0.3 is 4.74 Å². The van der Waals surface area contributed by atoms with E-state index in [1.165, 1.54) is 0 Å². The van der Waals surface area contributed by atoms with Crippen LogP contribution in [0.1, 0.15) is 33.6 Å². The highest BCUT2D eigenvalue weighted by molar-refractivity contribution is 5.88. The topological polar surface area (TPSA) is 26.3 Å². The fraction of sp³-hybridized carbons (Fsp3) is 0.900. The van der Waals surface area contributed by atoms with Gasteiger partial charge in [0.25, 0.3) is 5.92 Å². The molecule has 82 valence electrons. The first-order valence-electron chi connectivity index (χ1n) is 4.83. The van der Waals surface area contributed by atoms with Gasteiger partial charge in [0.15, 0.2) is 5.78 Å². The average molecular weight is 206 g/mol. The maximum Gasteiger partial charge on any atom is 0.271 e. The molecule has 1 saturated heterocycles. The first-order valence-corrected chi connectivity index (χ1v) is 4.83. The number of ether oxygens (including phenoxy) is 1. The number of alkyl halides is 2. The number of rotatable bonds is 2. The molecule has 0 aromatic heterocycles. The van der Waals surface area contributed by atoms with Crippen molar-refractivity contribution < 1.29 is 18.3 Å². The van der Waals surface area contributed by atoms with Gasteiger partial charge in [-0.15, -0.1) is 0 Å². The number of hydrogen-bond donors (Lipinski definition) is 0. The van der Waals surface area contributed by atoms with Gasteiger partial charge in [0.05, 0.1) is 0 Å². The monoisotopic (exact) mass is 206 g/mol. The molecule has 4 heteroatoms. The van der Waals surface area contributed by atoms with Gasteiger partial charge in [-0.25, -0.2) is 8.78 Å². The molecule has 0 bridgehead atoms. The Morgan fingerprint density at radius 2 is 1.93 bits per heavy atom. The predicted molar refractivity (Wildman–Crippen MR) is 48.4 cm³/mol. The summed E-state index contributed by atoms with van der Waals surface area (Å²) in [5.74, 6) is -3.03. The summed E-state index contributed by atoms with van der Waals surface area (Å²) < 4.78 is 30.6. The summed E-state index contributed by atoms with van der Waals surface area (Å²) in [6.07, 6.45) is -0.154. The van der Waals surface area contributed by atoms with E-state index in [9.17, 15) is 13.6 Å².